The number of methoxy groups -OCH3 is 1. The largest absolute Gasteiger partial charge is 0.493 e. The van der Waals surface area contributed by atoms with Crippen molar-refractivity contribution in [2.45, 2.75) is 40.2 Å². The summed E-state index contributed by atoms with van der Waals surface area (Å²) in [6.45, 7) is 6.98. The second-order valence-corrected chi connectivity index (χ2v) is 4.45. The monoisotopic (exact) mass is 265 g/mol. The minimum Gasteiger partial charge on any atom is -0.493 e. The lowest BCUT2D eigenvalue weighted by molar-refractivity contribution is -0.116. The second-order valence-electron chi connectivity index (χ2n) is 4.45. The summed E-state index contributed by atoms with van der Waals surface area (Å²) in [7, 11) is 1.65. The molecule has 0 radical (unpaired) electrons. The van der Waals surface area contributed by atoms with E-state index in [1.54, 1.807) is 7.11 Å². The van der Waals surface area contributed by atoms with Gasteiger partial charge in [0.1, 0.15) is 5.75 Å². The van der Waals surface area contributed by atoms with Crippen molar-refractivity contribution >= 4 is 11.6 Å². The fourth-order valence-corrected chi connectivity index (χ4v) is 1.98. The van der Waals surface area contributed by atoms with Gasteiger partial charge in [-0.25, -0.2) is 0 Å². The first-order valence-corrected chi connectivity index (χ1v) is 6.67. The Kier molecular flexibility index (Phi) is 6.36. The molecule has 0 aliphatic heterocycles. The maximum Gasteiger partial charge on any atom is 0.224 e. The van der Waals surface area contributed by atoms with Gasteiger partial charge in [-0.1, -0.05) is 6.92 Å². The number of carbonyl (C=O) groups is 1. The van der Waals surface area contributed by atoms with Crippen LogP contribution in [0.4, 0.5) is 5.69 Å². The van der Waals surface area contributed by atoms with E-state index < -0.39 is 0 Å². The molecule has 0 unspecified atom stereocenters. The summed E-state index contributed by atoms with van der Waals surface area (Å²) in [4.78, 5) is 11.6. The summed E-state index contributed by atoms with van der Waals surface area (Å²) in [6, 6.07) is 3.84. The minimum absolute atomic E-state index is 0.0365. The first kappa shape index (κ1) is 15.5. The Bertz CT molecular complexity index is 430. The first-order chi connectivity index (χ1) is 9.12. The third-order valence-electron chi connectivity index (χ3n) is 2.70. The van der Waals surface area contributed by atoms with Crippen molar-refractivity contribution in [2.24, 2.45) is 0 Å². The predicted octanol–water partition coefficient (Wildman–Crippen LogP) is 3.28. The molecule has 0 bridgehead atoms. The molecule has 4 nitrogen and oxygen atoms in total. The molecule has 1 amide bonds. The Hall–Kier alpha value is -1.55. The van der Waals surface area contributed by atoms with Crippen molar-refractivity contribution in [3.8, 4) is 5.75 Å². The van der Waals surface area contributed by atoms with Gasteiger partial charge in [0.2, 0.25) is 5.91 Å². The van der Waals surface area contributed by atoms with Crippen LogP contribution >= 0.6 is 0 Å². The number of hydrogen-bond donors (Lipinski definition) is 1. The fraction of sp³-hybridized carbons (Fsp3) is 0.533. The van der Waals surface area contributed by atoms with Crippen molar-refractivity contribution in [2.75, 3.05) is 19.0 Å². The average Bonchev–Trinajstić information content (AvgIpc) is 2.34. The molecule has 19 heavy (non-hydrogen) atoms. The molecule has 0 aromatic heterocycles. The normalized spacial score (nSPS) is 10.3. The molecule has 0 heterocycles. The predicted molar refractivity (Wildman–Crippen MR) is 76.6 cm³/mol. The lowest BCUT2D eigenvalue weighted by atomic mass is 10.1. The molecule has 0 aliphatic carbocycles. The zero-order chi connectivity index (χ0) is 14.3. The lowest BCUT2D eigenvalue weighted by Crippen LogP contribution is -2.11. The van der Waals surface area contributed by atoms with Gasteiger partial charge >= 0.3 is 0 Å². The van der Waals surface area contributed by atoms with Gasteiger partial charge in [-0.05, 0) is 38.0 Å². The van der Waals surface area contributed by atoms with E-state index in [9.17, 15) is 4.79 Å². The molecule has 0 saturated heterocycles. The summed E-state index contributed by atoms with van der Waals surface area (Å²) < 4.78 is 10.8. The van der Waals surface area contributed by atoms with Crippen LogP contribution in [0.5, 0.6) is 5.75 Å². The highest BCUT2D eigenvalue weighted by molar-refractivity contribution is 5.91. The van der Waals surface area contributed by atoms with Crippen LogP contribution in [0.2, 0.25) is 0 Å². The highest BCUT2D eigenvalue weighted by Crippen LogP contribution is 2.28. The Morgan fingerprint density at radius 3 is 2.63 bits per heavy atom. The SMILES string of the molecule is CCCC(=O)Nc1cc(C)c(OCC)c(COC)c1. The summed E-state index contributed by atoms with van der Waals surface area (Å²) >= 11 is 0. The zero-order valence-corrected chi connectivity index (χ0v) is 12.2. The number of nitrogens with one attached hydrogen (secondary N) is 1. The Labute approximate surface area is 115 Å². The number of anilines is 1. The van der Waals surface area contributed by atoms with Crippen LogP contribution in [0.1, 0.15) is 37.8 Å². The van der Waals surface area contributed by atoms with E-state index in [-0.39, 0.29) is 5.91 Å². The van der Waals surface area contributed by atoms with Crippen LogP contribution in [0.15, 0.2) is 12.1 Å². The van der Waals surface area contributed by atoms with Crippen LogP contribution in [-0.2, 0) is 16.1 Å². The molecular weight excluding hydrogens is 242 g/mol. The third kappa shape index (κ3) is 4.56. The van der Waals surface area contributed by atoms with Gasteiger partial charge in [-0.2, -0.15) is 0 Å². The first-order valence-electron chi connectivity index (χ1n) is 6.67. The number of rotatable bonds is 7. The van der Waals surface area contributed by atoms with E-state index >= 15 is 0 Å². The van der Waals surface area contributed by atoms with Crippen LogP contribution < -0.4 is 10.1 Å². The van der Waals surface area contributed by atoms with E-state index in [2.05, 4.69) is 5.32 Å². The van der Waals surface area contributed by atoms with Crippen LogP contribution in [0.25, 0.3) is 0 Å². The number of aryl methyl sites for hydroxylation is 1. The highest BCUT2D eigenvalue weighted by Gasteiger charge is 2.11. The van der Waals surface area contributed by atoms with Gasteiger partial charge < -0.3 is 14.8 Å². The van der Waals surface area contributed by atoms with Crippen LogP contribution in [-0.4, -0.2) is 19.6 Å². The summed E-state index contributed by atoms with van der Waals surface area (Å²) in [5.74, 6) is 0.882. The Morgan fingerprint density at radius 1 is 1.32 bits per heavy atom. The highest BCUT2D eigenvalue weighted by atomic mass is 16.5. The number of ether oxygens (including phenoxy) is 2. The number of carbonyl (C=O) groups excluding carboxylic acids is 1. The minimum atomic E-state index is 0.0365. The fourth-order valence-electron chi connectivity index (χ4n) is 1.98. The van der Waals surface area contributed by atoms with Crippen LogP contribution in [0.3, 0.4) is 0 Å². The quantitative estimate of drug-likeness (QED) is 0.823. The molecule has 1 aromatic rings. The van der Waals surface area contributed by atoms with Gasteiger partial charge in [0.05, 0.1) is 13.2 Å². The number of amides is 1. The molecule has 0 aliphatic rings. The molecular formula is C15H23NO3. The molecule has 0 saturated carbocycles. The molecule has 0 atom stereocenters. The lowest BCUT2D eigenvalue weighted by Gasteiger charge is -2.15. The topological polar surface area (TPSA) is 47.6 Å². The maximum atomic E-state index is 11.6. The van der Waals surface area contributed by atoms with Crippen molar-refractivity contribution < 1.29 is 14.3 Å². The van der Waals surface area contributed by atoms with E-state index in [0.717, 1.165) is 29.0 Å². The van der Waals surface area contributed by atoms with Gasteiger partial charge in [0, 0.05) is 24.8 Å². The third-order valence-corrected chi connectivity index (χ3v) is 2.70. The van der Waals surface area contributed by atoms with Crippen LogP contribution in [0, 0.1) is 6.92 Å². The van der Waals surface area contributed by atoms with E-state index in [1.807, 2.05) is 32.9 Å². The van der Waals surface area contributed by atoms with Crippen molar-refractivity contribution in [1.82, 2.24) is 0 Å². The molecule has 106 valence electrons. The Morgan fingerprint density at radius 2 is 2.05 bits per heavy atom. The molecule has 0 spiro atoms. The molecule has 1 aromatic carbocycles. The van der Waals surface area contributed by atoms with E-state index in [0.29, 0.717) is 19.6 Å². The summed E-state index contributed by atoms with van der Waals surface area (Å²) in [5.41, 5.74) is 2.76. The number of benzene rings is 1. The van der Waals surface area contributed by atoms with Crippen molar-refractivity contribution in [1.29, 1.82) is 0 Å². The molecule has 4 heteroatoms. The smallest absolute Gasteiger partial charge is 0.224 e. The maximum absolute atomic E-state index is 11.6. The average molecular weight is 265 g/mol. The zero-order valence-electron chi connectivity index (χ0n) is 12.2. The molecule has 1 N–H and O–H groups in total. The summed E-state index contributed by atoms with van der Waals surface area (Å²) in [5, 5.41) is 2.90. The van der Waals surface area contributed by atoms with Crippen molar-refractivity contribution in [3.05, 3.63) is 23.3 Å². The summed E-state index contributed by atoms with van der Waals surface area (Å²) in [6.07, 6.45) is 1.37. The standard InChI is InChI=1S/C15H23NO3/c1-5-7-14(17)16-13-8-11(3)15(19-6-2)12(9-13)10-18-4/h8-9H,5-7,10H2,1-4H3,(H,16,17). The molecule has 1 rings (SSSR count). The second kappa shape index (κ2) is 7.79. The van der Waals surface area contributed by atoms with Gasteiger partial charge in [-0.3, -0.25) is 4.79 Å². The van der Waals surface area contributed by atoms with E-state index in [1.165, 1.54) is 0 Å². The van der Waals surface area contributed by atoms with Gasteiger partial charge in [0.15, 0.2) is 0 Å². The van der Waals surface area contributed by atoms with E-state index in [4.69, 9.17) is 9.47 Å². The molecule has 0 fully saturated rings. The van der Waals surface area contributed by atoms with Gasteiger partial charge in [-0.15, -0.1) is 0 Å². The van der Waals surface area contributed by atoms with Gasteiger partial charge in [0.25, 0.3) is 0 Å². The van der Waals surface area contributed by atoms with Crippen molar-refractivity contribution in [3.63, 3.8) is 0 Å². The number of hydrogen-bond acceptors (Lipinski definition) is 3. The Balaban J connectivity index is 2.98.